The third kappa shape index (κ3) is 4.63. The molecule has 34 heavy (non-hydrogen) atoms. The molecule has 0 bridgehead atoms. The number of fused-ring (bicyclic) bond motifs is 1. The number of anilines is 2. The molecule has 1 aromatic carbocycles. The Kier molecular flexibility index (Phi) is 5.52. The summed E-state index contributed by atoms with van der Waals surface area (Å²) >= 11 is 0. The maximum absolute atomic E-state index is 12.3. The summed E-state index contributed by atoms with van der Waals surface area (Å²) in [5.74, 6) is 0.736. The van der Waals surface area contributed by atoms with Gasteiger partial charge in [0.15, 0.2) is 0 Å². The zero-order valence-corrected chi connectivity index (χ0v) is 17.9. The number of hydrogen-bond donors (Lipinski definition) is 2. The van der Waals surface area contributed by atoms with Crippen molar-refractivity contribution in [2.45, 2.75) is 12.6 Å². The number of pyridine rings is 1. The molecule has 1 fully saturated rings. The second-order valence-corrected chi connectivity index (χ2v) is 7.90. The number of rotatable bonds is 5. The summed E-state index contributed by atoms with van der Waals surface area (Å²) < 4.78 is 38.8. The van der Waals surface area contributed by atoms with Crippen LogP contribution in [0.25, 0.3) is 28.0 Å². The summed E-state index contributed by atoms with van der Waals surface area (Å²) in [5.41, 5.74) is 4.40. The van der Waals surface area contributed by atoms with Crippen LogP contribution >= 0.6 is 0 Å². The molecule has 8 nitrogen and oxygen atoms in total. The zero-order valence-electron chi connectivity index (χ0n) is 17.9. The van der Waals surface area contributed by atoms with Crippen LogP contribution in [0.15, 0.2) is 61.2 Å². The van der Waals surface area contributed by atoms with Crippen molar-refractivity contribution in [2.75, 3.05) is 29.9 Å². The van der Waals surface area contributed by atoms with Gasteiger partial charge in [-0.3, -0.25) is 4.40 Å². The molecule has 0 aliphatic carbocycles. The van der Waals surface area contributed by atoms with Crippen LogP contribution in [0.5, 0.6) is 0 Å². The number of carbonyl (C=O) groups is 1. The fraction of sp³-hybridized carbons (Fsp3) is 0.217. The van der Waals surface area contributed by atoms with Crippen molar-refractivity contribution in [2.24, 2.45) is 0 Å². The van der Waals surface area contributed by atoms with E-state index in [2.05, 4.69) is 25.2 Å². The fourth-order valence-corrected chi connectivity index (χ4v) is 3.64. The van der Waals surface area contributed by atoms with E-state index in [-0.39, 0.29) is 0 Å². The van der Waals surface area contributed by atoms with Gasteiger partial charge < -0.3 is 15.5 Å². The monoisotopic (exact) mass is 467 g/mol. The molecule has 2 N–H and O–H groups in total. The molecule has 1 aliphatic heterocycles. The molecule has 0 atom stereocenters. The van der Waals surface area contributed by atoms with Crippen LogP contribution in [0.3, 0.4) is 0 Å². The molecule has 0 spiro atoms. The Hall–Kier alpha value is -4.15. The van der Waals surface area contributed by atoms with Crippen LogP contribution in [0.4, 0.5) is 29.6 Å². The number of benzene rings is 1. The number of hydrogen-bond acceptors (Lipinski definition) is 5. The lowest BCUT2D eigenvalue weighted by Crippen LogP contribution is -2.38. The third-order valence-electron chi connectivity index (χ3n) is 5.49. The maximum Gasteiger partial charge on any atom is 0.405 e. The van der Waals surface area contributed by atoms with Crippen molar-refractivity contribution in [1.82, 2.24) is 24.7 Å². The van der Waals surface area contributed by atoms with Gasteiger partial charge >= 0.3 is 12.2 Å². The van der Waals surface area contributed by atoms with E-state index in [0.717, 1.165) is 47.8 Å². The molecule has 5 rings (SSSR count). The number of imidazole rings is 1. The summed E-state index contributed by atoms with van der Waals surface area (Å²) in [5, 5.41) is 4.21. The van der Waals surface area contributed by atoms with Gasteiger partial charge in [-0.1, -0.05) is 12.1 Å². The predicted octanol–water partition coefficient (Wildman–Crippen LogP) is 4.35. The summed E-state index contributed by atoms with van der Waals surface area (Å²) in [6.07, 6.45) is 3.87. The average molecular weight is 467 g/mol. The molecule has 0 unspecified atom stereocenters. The van der Waals surface area contributed by atoms with E-state index < -0.39 is 18.8 Å². The minimum Gasteiger partial charge on any atom is -0.341 e. The highest BCUT2D eigenvalue weighted by Crippen LogP contribution is 2.27. The molecule has 1 saturated heterocycles. The molecule has 2 amide bonds. The SMILES string of the molecule is O=C(NCC(F)(F)F)Nc1cccc(-c2cnc3cc(-c4cnc(N5CCC5)nc4)ccn23)c1. The van der Waals surface area contributed by atoms with Gasteiger partial charge in [-0.05, 0) is 36.2 Å². The smallest absolute Gasteiger partial charge is 0.341 e. The van der Waals surface area contributed by atoms with Crippen LogP contribution in [0.1, 0.15) is 6.42 Å². The van der Waals surface area contributed by atoms with Gasteiger partial charge in [0.2, 0.25) is 5.95 Å². The number of carbonyl (C=O) groups excluding carboxylic acids is 1. The minimum atomic E-state index is -4.47. The quantitative estimate of drug-likeness (QED) is 0.456. The fourth-order valence-electron chi connectivity index (χ4n) is 3.64. The molecule has 0 saturated carbocycles. The van der Waals surface area contributed by atoms with E-state index >= 15 is 0 Å². The van der Waals surface area contributed by atoms with Gasteiger partial charge in [-0.2, -0.15) is 13.2 Å². The average Bonchev–Trinajstić information content (AvgIpc) is 3.20. The second kappa shape index (κ2) is 8.65. The number of amides is 2. The molecular weight excluding hydrogens is 447 g/mol. The molecule has 3 aromatic heterocycles. The van der Waals surface area contributed by atoms with Gasteiger partial charge in [0.05, 0.1) is 11.9 Å². The van der Waals surface area contributed by atoms with Crippen LogP contribution in [-0.4, -0.2) is 51.2 Å². The number of nitrogens with zero attached hydrogens (tertiary/aromatic N) is 5. The highest BCUT2D eigenvalue weighted by molar-refractivity contribution is 5.90. The molecule has 1 aliphatic rings. The van der Waals surface area contributed by atoms with Gasteiger partial charge in [-0.25, -0.2) is 19.7 Å². The first-order valence-electron chi connectivity index (χ1n) is 10.6. The maximum atomic E-state index is 12.3. The summed E-state index contributed by atoms with van der Waals surface area (Å²) in [7, 11) is 0. The van der Waals surface area contributed by atoms with E-state index in [1.54, 1.807) is 42.1 Å². The topological polar surface area (TPSA) is 87.4 Å². The van der Waals surface area contributed by atoms with Crippen LogP contribution in [-0.2, 0) is 0 Å². The number of halogens is 3. The van der Waals surface area contributed by atoms with Crippen molar-refractivity contribution >= 4 is 23.3 Å². The van der Waals surface area contributed by atoms with Crippen LogP contribution in [0, 0.1) is 0 Å². The zero-order chi connectivity index (χ0) is 23.7. The van der Waals surface area contributed by atoms with Crippen molar-refractivity contribution in [3.63, 3.8) is 0 Å². The summed E-state index contributed by atoms with van der Waals surface area (Å²) in [6, 6.07) is 9.75. The summed E-state index contributed by atoms with van der Waals surface area (Å²) in [6.45, 7) is 0.564. The van der Waals surface area contributed by atoms with Crippen LogP contribution < -0.4 is 15.5 Å². The van der Waals surface area contributed by atoms with Gasteiger partial charge in [-0.15, -0.1) is 0 Å². The third-order valence-corrected chi connectivity index (χ3v) is 5.49. The van der Waals surface area contributed by atoms with Crippen molar-refractivity contribution in [3.8, 4) is 22.4 Å². The number of alkyl halides is 3. The first-order chi connectivity index (χ1) is 16.4. The van der Waals surface area contributed by atoms with Crippen molar-refractivity contribution in [3.05, 3.63) is 61.2 Å². The second-order valence-electron chi connectivity index (χ2n) is 7.90. The Morgan fingerprint density at radius 2 is 1.76 bits per heavy atom. The standard InChI is InChI=1S/C23H20F3N7O/c24-23(25,26)14-30-22(34)31-18-4-1-3-16(9-18)19-13-27-20-10-15(5-8-33(19)20)17-11-28-21(29-12-17)32-6-2-7-32/h1,3-5,8-13H,2,6-7,14H2,(H2,30,31,34). The van der Waals surface area contributed by atoms with Crippen molar-refractivity contribution in [1.29, 1.82) is 0 Å². The molecular formula is C23H20F3N7O. The number of nitrogens with one attached hydrogen (secondary N) is 2. The Morgan fingerprint density at radius 1 is 0.971 bits per heavy atom. The van der Waals surface area contributed by atoms with E-state index in [1.807, 2.05) is 28.8 Å². The van der Waals surface area contributed by atoms with Gasteiger partial charge in [0.1, 0.15) is 12.2 Å². The Bertz CT molecular complexity index is 1330. The predicted molar refractivity (Wildman–Crippen MR) is 122 cm³/mol. The number of urea groups is 1. The summed E-state index contributed by atoms with van der Waals surface area (Å²) in [4.78, 5) is 27.3. The normalized spacial score (nSPS) is 13.6. The highest BCUT2D eigenvalue weighted by Gasteiger charge is 2.27. The Morgan fingerprint density at radius 3 is 2.47 bits per heavy atom. The minimum absolute atomic E-state index is 0.364. The van der Waals surface area contributed by atoms with Crippen molar-refractivity contribution < 1.29 is 18.0 Å². The van der Waals surface area contributed by atoms with Gasteiger partial charge in [0, 0.05) is 48.5 Å². The molecule has 174 valence electrons. The lowest BCUT2D eigenvalue weighted by Gasteiger charge is -2.30. The highest BCUT2D eigenvalue weighted by atomic mass is 19.4. The molecule has 4 heterocycles. The Balaban J connectivity index is 1.34. The van der Waals surface area contributed by atoms with E-state index in [1.165, 1.54) is 0 Å². The first kappa shape index (κ1) is 21.7. The lowest BCUT2D eigenvalue weighted by atomic mass is 10.1. The van der Waals surface area contributed by atoms with E-state index in [0.29, 0.717) is 11.3 Å². The number of aromatic nitrogens is 4. The van der Waals surface area contributed by atoms with E-state index in [4.69, 9.17) is 0 Å². The molecule has 0 radical (unpaired) electrons. The first-order valence-corrected chi connectivity index (χ1v) is 10.6. The largest absolute Gasteiger partial charge is 0.405 e. The molecule has 11 heteroatoms. The Labute approximate surface area is 192 Å². The lowest BCUT2D eigenvalue weighted by molar-refractivity contribution is -0.122. The van der Waals surface area contributed by atoms with Gasteiger partial charge in [0.25, 0.3) is 0 Å². The van der Waals surface area contributed by atoms with E-state index in [9.17, 15) is 18.0 Å². The van der Waals surface area contributed by atoms with Crippen LogP contribution in [0.2, 0.25) is 0 Å². The molecule has 4 aromatic rings.